The van der Waals surface area contributed by atoms with Gasteiger partial charge >= 0.3 is 6.03 Å². The van der Waals surface area contributed by atoms with Crippen molar-refractivity contribution in [2.75, 3.05) is 18.4 Å². The topological polar surface area (TPSA) is 63.1 Å². The first-order valence-corrected chi connectivity index (χ1v) is 8.44. The molecule has 0 spiro atoms. The number of anilines is 1. The molecule has 0 radical (unpaired) electrons. The van der Waals surface area contributed by atoms with Gasteiger partial charge in [0.1, 0.15) is 12.7 Å². The first-order valence-electron chi connectivity index (χ1n) is 8.44. The van der Waals surface area contributed by atoms with Crippen LogP contribution in [-0.4, -0.2) is 38.8 Å². The van der Waals surface area contributed by atoms with E-state index < -0.39 is 0 Å². The molecule has 1 aliphatic heterocycles. The molecule has 0 saturated carbocycles. The summed E-state index contributed by atoms with van der Waals surface area (Å²) in [5.41, 5.74) is 2.21. The third kappa shape index (κ3) is 3.75. The van der Waals surface area contributed by atoms with E-state index in [4.69, 9.17) is 0 Å². The van der Waals surface area contributed by atoms with E-state index in [2.05, 4.69) is 48.3 Å². The number of carbonyl (C=O) groups is 1. The average Bonchev–Trinajstić information content (AvgIpc) is 3.09. The normalized spacial score (nSPS) is 16.2. The molecule has 0 bridgehead atoms. The monoisotopic (exact) mass is 327 g/mol. The van der Waals surface area contributed by atoms with Crippen molar-refractivity contribution in [3.05, 3.63) is 42.5 Å². The predicted octanol–water partition coefficient (Wildman–Crippen LogP) is 3.44. The highest BCUT2D eigenvalue weighted by Crippen LogP contribution is 2.24. The van der Waals surface area contributed by atoms with E-state index >= 15 is 0 Å². The number of amides is 2. The highest BCUT2D eigenvalue weighted by Gasteiger charge is 2.24. The smallest absolute Gasteiger partial charge is 0.321 e. The number of piperidine rings is 1. The van der Waals surface area contributed by atoms with Crippen LogP contribution in [-0.2, 0) is 5.41 Å². The van der Waals surface area contributed by atoms with Crippen LogP contribution in [0.2, 0.25) is 0 Å². The van der Waals surface area contributed by atoms with E-state index in [9.17, 15) is 4.79 Å². The molecule has 0 atom stereocenters. The summed E-state index contributed by atoms with van der Waals surface area (Å²) in [6, 6.07) is 8.40. The van der Waals surface area contributed by atoms with Crippen LogP contribution in [0.3, 0.4) is 0 Å². The molecule has 2 heterocycles. The number of carbonyl (C=O) groups excluding carboxylic acids is 1. The van der Waals surface area contributed by atoms with Crippen LogP contribution in [0.4, 0.5) is 10.5 Å². The Morgan fingerprint density at radius 3 is 2.38 bits per heavy atom. The van der Waals surface area contributed by atoms with Crippen molar-refractivity contribution in [3.8, 4) is 0 Å². The van der Waals surface area contributed by atoms with Gasteiger partial charge in [-0.05, 0) is 36.0 Å². The Morgan fingerprint density at radius 1 is 1.17 bits per heavy atom. The highest BCUT2D eigenvalue weighted by molar-refractivity contribution is 5.89. The third-order valence-corrected chi connectivity index (χ3v) is 4.56. The first kappa shape index (κ1) is 16.5. The van der Waals surface area contributed by atoms with Crippen LogP contribution in [0.5, 0.6) is 0 Å². The fraction of sp³-hybridized carbons (Fsp3) is 0.500. The van der Waals surface area contributed by atoms with E-state index in [1.54, 1.807) is 12.7 Å². The molecule has 0 aliphatic carbocycles. The molecule has 6 nitrogen and oxygen atoms in total. The van der Waals surface area contributed by atoms with Gasteiger partial charge in [0, 0.05) is 18.8 Å². The molecule has 128 valence electrons. The van der Waals surface area contributed by atoms with Crippen molar-refractivity contribution in [1.82, 2.24) is 19.7 Å². The number of hydrogen-bond acceptors (Lipinski definition) is 3. The second kappa shape index (κ2) is 6.63. The maximum Gasteiger partial charge on any atom is 0.321 e. The van der Waals surface area contributed by atoms with Crippen molar-refractivity contribution in [2.24, 2.45) is 0 Å². The largest absolute Gasteiger partial charge is 0.324 e. The Bertz CT molecular complexity index is 664. The van der Waals surface area contributed by atoms with Crippen molar-refractivity contribution >= 4 is 11.7 Å². The molecule has 6 heteroatoms. The van der Waals surface area contributed by atoms with Gasteiger partial charge < -0.3 is 10.2 Å². The standard InChI is InChI=1S/C18H25N5O/c1-18(2,3)14-4-6-15(7-5-14)21-17(24)22-10-8-16(9-11-22)23-13-19-12-20-23/h4-7,12-13,16H,8-11H2,1-3H3,(H,21,24). The number of urea groups is 1. The van der Waals surface area contributed by atoms with Crippen molar-refractivity contribution < 1.29 is 4.79 Å². The lowest BCUT2D eigenvalue weighted by Gasteiger charge is -2.31. The van der Waals surface area contributed by atoms with E-state index in [1.165, 1.54) is 5.56 Å². The summed E-state index contributed by atoms with van der Waals surface area (Å²) < 4.78 is 1.89. The lowest BCUT2D eigenvalue weighted by molar-refractivity contribution is 0.180. The van der Waals surface area contributed by atoms with E-state index in [-0.39, 0.29) is 11.4 Å². The Balaban J connectivity index is 1.54. The molecular formula is C18H25N5O. The summed E-state index contributed by atoms with van der Waals surface area (Å²) in [7, 11) is 0. The lowest BCUT2D eigenvalue weighted by Crippen LogP contribution is -2.41. The second-order valence-electron chi connectivity index (χ2n) is 7.35. The molecule has 3 rings (SSSR count). The summed E-state index contributed by atoms with van der Waals surface area (Å²) in [4.78, 5) is 18.3. The van der Waals surface area contributed by atoms with Gasteiger partial charge in [-0.15, -0.1) is 0 Å². The van der Waals surface area contributed by atoms with Crippen LogP contribution in [0.15, 0.2) is 36.9 Å². The van der Waals surface area contributed by atoms with E-state index in [0.29, 0.717) is 6.04 Å². The highest BCUT2D eigenvalue weighted by atomic mass is 16.2. The van der Waals surface area contributed by atoms with Crippen LogP contribution >= 0.6 is 0 Å². The molecule has 0 unspecified atom stereocenters. The minimum Gasteiger partial charge on any atom is -0.324 e. The van der Waals surface area contributed by atoms with Crippen molar-refractivity contribution in [1.29, 1.82) is 0 Å². The third-order valence-electron chi connectivity index (χ3n) is 4.56. The van der Waals surface area contributed by atoms with E-state index in [1.807, 2.05) is 21.7 Å². The van der Waals surface area contributed by atoms with Crippen molar-refractivity contribution in [2.45, 2.75) is 45.1 Å². The molecule has 1 saturated heterocycles. The average molecular weight is 327 g/mol. The number of hydrogen-bond donors (Lipinski definition) is 1. The fourth-order valence-corrected chi connectivity index (χ4v) is 3.00. The molecule has 1 aliphatic rings. The minimum atomic E-state index is -0.0319. The summed E-state index contributed by atoms with van der Waals surface area (Å²) >= 11 is 0. The maximum absolute atomic E-state index is 12.4. The maximum atomic E-state index is 12.4. The summed E-state index contributed by atoms with van der Waals surface area (Å²) in [5.74, 6) is 0. The zero-order valence-electron chi connectivity index (χ0n) is 14.6. The van der Waals surface area contributed by atoms with Gasteiger partial charge in [0.15, 0.2) is 0 Å². The van der Waals surface area contributed by atoms with E-state index in [0.717, 1.165) is 31.6 Å². The van der Waals surface area contributed by atoms with Gasteiger partial charge in [-0.1, -0.05) is 32.9 Å². The predicted molar refractivity (Wildman–Crippen MR) is 94.0 cm³/mol. The SMILES string of the molecule is CC(C)(C)c1ccc(NC(=O)N2CCC(n3cncn3)CC2)cc1. The first-order chi connectivity index (χ1) is 11.4. The van der Waals surface area contributed by atoms with Crippen LogP contribution < -0.4 is 5.32 Å². The van der Waals surface area contributed by atoms with Gasteiger partial charge in [-0.25, -0.2) is 14.5 Å². The zero-order chi connectivity index (χ0) is 17.2. The molecule has 1 aromatic heterocycles. The molecule has 2 amide bonds. The molecule has 2 aromatic rings. The number of aromatic nitrogens is 3. The number of rotatable bonds is 2. The van der Waals surface area contributed by atoms with Gasteiger partial charge in [0.25, 0.3) is 0 Å². The number of nitrogens with one attached hydrogen (secondary N) is 1. The fourth-order valence-electron chi connectivity index (χ4n) is 3.00. The van der Waals surface area contributed by atoms with Gasteiger partial charge in [-0.2, -0.15) is 5.10 Å². The Hall–Kier alpha value is -2.37. The summed E-state index contributed by atoms with van der Waals surface area (Å²) in [6.45, 7) is 8.01. The zero-order valence-corrected chi connectivity index (χ0v) is 14.6. The number of likely N-dealkylation sites (tertiary alicyclic amines) is 1. The van der Waals surface area contributed by atoms with Crippen LogP contribution in [0, 0.1) is 0 Å². The Labute approximate surface area is 142 Å². The minimum absolute atomic E-state index is 0.0319. The summed E-state index contributed by atoms with van der Waals surface area (Å²) in [6.07, 6.45) is 5.11. The van der Waals surface area contributed by atoms with Gasteiger partial charge in [0.2, 0.25) is 0 Å². The number of benzene rings is 1. The lowest BCUT2D eigenvalue weighted by atomic mass is 9.87. The molecule has 1 N–H and O–H groups in total. The van der Waals surface area contributed by atoms with Gasteiger partial charge in [-0.3, -0.25) is 0 Å². The van der Waals surface area contributed by atoms with Crippen LogP contribution in [0.25, 0.3) is 0 Å². The molecule has 1 fully saturated rings. The molecular weight excluding hydrogens is 302 g/mol. The Morgan fingerprint density at radius 2 is 1.83 bits per heavy atom. The Kier molecular flexibility index (Phi) is 4.55. The van der Waals surface area contributed by atoms with Crippen LogP contribution in [0.1, 0.15) is 45.2 Å². The number of nitrogens with zero attached hydrogens (tertiary/aromatic N) is 4. The second-order valence-corrected chi connectivity index (χ2v) is 7.35. The quantitative estimate of drug-likeness (QED) is 0.919. The summed E-state index contributed by atoms with van der Waals surface area (Å²) in [5, 5.41) is 7.18. The van der Waals surface area contributed by atoms with Crippen molar-refractivity contribution in [3.63, 3.8) is 0 Å². The molecule has 24 heavy (non-hydrogen) atoms. The molecule has 1 aromatic carbocycles. The van der Waals surface area contributed by atoms with Gasteiger partial charge in [0.05, 0.1) is 6.04 Å².